The van der Waals surface area contributed by atoms with E-state index in [2.05, 4.69) is 0 Å². The highest BCUT2D eigenvalue weighted by atomic mass is 19.2. The average Bonchev–Trinajstić information content (AvgIpc) is 2.42. The van der Waals surface area contributed by atoms with Crippen LogP contribution in [0.25, 0.3) is 11.1 Å². The predicted octanol–water partition coefficient (Wildman–Crippen LogP) is 3.65. The Hall–Kier alpha value is -2.10. The summed E-state index contributed by atoms with van der Waals surface area (Å²) in [7, 11) is 2.84. The van der Waals surface area contributed by atoms with Crippen molar-refractivity contribution in [1.29, 1.82) is 0 Å². The fraction of sp³-hybridized carbons (Fsp3) is 0.143. The van der Waals surface area contributed by atoms with Crippen molar-refractivity contribution in [3.63, 3.8) is 0 Å². The number of benzene rings is 2. The zero-order valence-electron chi connectivity index (χ0n) is 10.0. The van der Waals surface area contributed by atoms with Gasteiger partial charge in [0, 0.05) is 5.56 Å². The summed E-state index contributed by atoms with van der Waals surface area (Å²) < 4.78 is 37.1. The fourth-order valence-corrected chi connectivity index (χ4v) is 1.68. The Balaban J connectivity index is 2.47. The van der Waals surface area contributed by atoms with Crippen LogP contribution < -0.4 is 9.47 Å². The van der Waals surface area contributed by atoms with E-state index in [1.54, 1.807) is 31.4 Å². The largest absolute Gasteiger partial charge is 0.497 e. The van der Waals surface area contributed by atoms with Crippen molar-refractivity contribution < 1.29 is 18.3 Å². The van der Waals surface area contributed by atoms with Crippen molar-refractivity contribution in [2.24, 2.45) is 0 Å². The molecule has 0 N–H and O–H groups in total. The molecule has 0 saturated heterocycles. The molecule has 18 heavy (non-hydrogen) atoms. The lowest BCUT2D eigenvalue weighted by atomic mass is 10.0. The molecule has 0 aliphatic rings. The van der Waals surface area contributed by atoms with E-state index in [1.165, 1.54) is 19.2 Å². The predicted molar refractivity (Wildman–Crippen MR) is 64.9 cm³/mol. The van der Waals surface area contributed by atoms with E-state index < -0.39 is 11.6 Å². The smallest absolute Gasteiger partial charge is 0.201 e. The zero-order valence-corrected chi connectivity index (χ0v) is 10.0. The molecule has 0 spiro atoms. The number of rotatable bonds is 3. The van der Waals surface area contributed by atoms with Gasteiger partial charge in [-0.1, -0.05) is 12.1 Å². The quantitative estimate of drug-likeness (QED) is 0.827. The number of halogens is 2. The van der Waals surface area contributed by atoms with E-state index in [-0.39, 0.29) is 11.3 Å². The lowest BCUT2D eigenvalue weighted by Crippen LogP contribution is -1.95. The Kier molecular flexibility index (Phi) is 3.46. The molecule has 2 aromatic rings. The third-order valence-electron chi connectivity index (χ3n) is 2.67. The third-order valence-corrected chi connectivity index (χ3v) is 2.67. The maximum atomic E-state index is 13.8. The van der Waals surface area contributed by atoms with Crippen LogP contribution in [0.15, 0.2) is 36.4 Å². The van der Waals surface area contributed by atoms with Gasteiger partial charge in [-0.25, -0.2) is 4.39 Å². The van der Waals surface area contributed by atoms with Gasteiger partial charge in [0.25, 0.3) is 0 Å². The Bertz CT molecular complexity index is 550. The number of methoxy groups -OCH3 is 2. The molecule has 0 saturated carbocycles. The highest BCUT2D eigenvalue weighted by Crippen LogP contribution is 2.30. The Morgan fingerprint density at radius 2 is 1.44 bits per heavy atom. The third kappa shape index (κ3) is 2.14. The van der Waals surface area contributed by atoms with Gasteiger partial charge < -0.3 is 9.47 Å². The van der Waals surface area contributed by atoms with E-state index in [4.69, 9.17) is 9.47 Å². The highest BCUT2D eigenvalue weighted by Gasteiger charge is 2.14. The van der Waals surface area contributed by atoms with Gasteiger partial charge in [-0.05, 0) is 29.8 Å². The first-order chi connectivity index (χ1) is 8.67. The molecule has 0 aliphatic heterocycles. The molecular weight excluding hydrogens is 238 g/mol. The van der Waals surface area contributed by atoms with Gasteiger partial charge in [-0.15, -0.1) is 0 Å². The summed E-state index contributed by atoms with van der Waals surface area (Å²) in [6, 6.07) is 9.61. The van der Waals surface area contributed by atoms with Crippen LogP contribution in [0.2, 0.25) is 0 Å². The van der Waals surface area contributed by atoms with Gasteiger partial charge in [0.2, 0.25) is 5.82 Å². The molecule has 2 rings (SSSR count). The molecular formula is C14H12F2O2. The maximum absolute atomic E-state index is 13.8. The minimum Gasteiger partial charge on any atom is -0.497 e. The first kappa shape index (κ1) is 12.4. The van der Waals surface area contributed by atoms with E-state index in [9.17, 15) is 8.78 Å². The lowest BCUT2D eigenvalue weighted by Gasteiger charge is -2.08. The molecule has 4 heteroatoms. The summed E-state index contributed by atoms with van der Waals surface area (Å²) >= 11 is 0. The van der Waals surface area contributed by atoms with Crippen molar-refractivity contribution >= 4 is 0 Å². The molecule has 0 aliphatic carbocycles. The second kappa shape index (κ2) is 5.04. The van der Waals surface area contributed by atoms with E-state index in [1.807, 2.05) is 0 Å². The number of hydrogen-bond acceptors (Lipinski definition) is 2. The van der Waals surface area contributed by atoms with Crippen molar-refractivity contribution in [3.05, 3.63) is 48.0 Å². The Labute approximate surface area is 104 Å². The minimum atomic E-state index is -0.981. The summed E-state index contributed by atoms with van der Waals surface area (Å²) in [4.78, 5) is 0. The fourth-order valence-electron chi connectivity index (χ4n) is 1.68. The van der Waals surface area contributed by atoms with Gasteiger partial charge in [-0.3, -0.25) is 0 Å². The summed E-state index contributed by atoms with van der Waals surface area (Å²) in [5, 5.41) is 0. The molecule has 0 amide bonds. The van der Waals surface area contributed by atoms with E-state index >= 15 is 0 Å². The topological polar surface area (TPSA) is 18.5 Å². The zero-order chi connectivity index (χ0) is 13.1. The van der Waals surface area contributed by atoms with Crippen LogP contribution in [0.5, 0.6) is 11.5 Å². The molecule has 0 aromatic heterocycles. The maximum Gasteiger partial charge on any atom is 0.201 e. The minimum absolute atomic E-state index is 0.107. The molecule has 2 aromatic carbocycles. The standard InChI is InChI=1S/C14H12F2O2/c1-17-10-5-3-9(4-6-10)11-7-8-12(18-2)14(16)13(11)15/h3-8H,1-2H3. The van der Waals surface area contributed by atoms with Crippen LogP contribution in [0, 0.1) is 11.6 Å². The van der Waals surface area contributed by atoms with E-state index in [0.717, 1.165) is 0 Å². The number of ether oxygens (including phenoxy) is 2. The Morgan fingerprint density at radius 3 is 2.00 bits per heavy atom. The summed E-state index contributed by atoms with van der Waals surface area (Å²) in [5.74, 6) is -1.34. The van der Waals surface area contributed by atoms with Gasteiger partial charge in [-0.2, -0.15) is 4.39 Å². The van der Waals surface area contributed by atoms with Gasteiger partial charge in [0.1, 0.15) is 5.75 Å². The van der Waals surface area contributed by atoms with Gasteiger partial charge >= 0.3 is 0 Å². The highest BCUT2D eigenvalue weighted by molar-refractivity contribution is 5.66. The molecule has 0 unspecified atom stereocenters. The van der Waals surface area contributed by atoms with Crippen LogP contribution in [0.1, 0.15) is 0 Å². The second-order valence-corrected chi connectivity index (χ2v) is 3.67. The van der Waals surface area contributed by atoms with Crippen LogP contribution in [0.3, 0.4) is 0 Å². The van der Waals surface area contributed by atoms with Crippen LogP contribution in [-0.4, -0.2) is 14.2 Å². The first-order valence-corrected chi connectivity index (χ1v) is 5.33. The van der Waals surface area contributed by atoms with Crippen LogP contribution >= 0.6 is 0 Å². The second-order valence-electron chi connectivity index (χ2n) is 3.67. The Morgan fingerprint density at radius 1 is 0.778 bits per heavy atom. The van der Waals surface area contributed by atoms with Crippen LogP contribution in [-0.2, 0) is 0 Å². The molecule has 0 bridgehead atoms. The van der Waals surface area contributed by atoms with Crippen molar-refractivity contribution in [3.8, 4) is 22.6 Å². The van der Waals surface area contributed by atoms with Gasteiger partial charge in [0.05, 0.1) is 14.2 Å². The number of hydrogen-bond donors (Lipinski definition) is 0. The summed E-state index contributed by atoms with van der Waals surface area (Å²) in [6.45, 7) is 0. The van der Waals surface area contributed by atoms with Crippen molar-refractivity contribution in [2.75, 3.05) is 14.2 Å². The van der Waals surface area contributed by atoms with Crippen molar-refractivity contribution in [1.82, 2.24) is 0 Å². The molecule has 2 nitrogen and oxygen atoms in total. The van der Waals surface area contributed by atoms with E-state index in [0.29, 0.717) is 11.3 Å². The normalized spacial score (nSPS) is 10.2. The SMILES string of the molecule is COc1ccc(-c2ccc(OC)c(F)c2F)cc1. The summed E-state index contributed by atoms with van der Waals surface area (Å²) in [6.07, 6.45) is 0. The monoisotopic (exact) mass is 250 g/mol. The van der Waals surface area contributed by atoms with Crippen molar-refractivity contribution in [2.45, 2.75) is 0 Å². The lowest BCUT2D eigenvalue weighted by molar-refractivity contribution is 0.372. The van der Waals surface area contributed by atoms with Gasteiger partial charge in [0.15, 0.2) is 11.6 Å². The average molecular weight is 250 g/mol. The summed E-state index contributed by atoms with van der Waals surface area (Å²) in [5.41, 5.74) is 0.769. The van der Waals surface area contributed by atoms with Crippen LogP contribution in [0.4, 0.5) is 8.78 Å². The first-order valence-electron chi connectivity index (χ1n) is 5.33. The molecule has 0 atom stereocenters. The molecule has 0 fully saturated rings. The molecule has 94 valence electrons. The molecule has 0 heterocycles. The molecule has 0 radical (unpaired) electrons.